The van der Waals surface area contributed by atoms with E-state index in [1.54, 1.807) is 47.4 Å². The molecule has 2 amide bonds. The van der Waals surface area contributed by atoms with Gasteiger partial charge in [0.1, 0.15) is 6.04 Å². The Hall–Kier alpha value is -3.07. The quantitative estimate of drug-likeness (QED) is 0.256. The standard InChI is InChI=1S/C30H35Cl2N3O4S/c1-3-17-33-30(37)28(20-23-10-5-4-6-11-23)34(22-24-12-7-13-25(31)19-24)29(36)16-9-18-35(40(2,38)39)27-15-8-14-26(32)21-27/h4-8,10-15,19,21,28H,3,9,16-18,20,22H2,1-2H3,(H,33,37)/t28-/m0/s1. The Balaban J connectivity index is 1.87. The number of hydrogen-bond donors (Lipinski definition) is 1. The second-order valence-electron chi connectivity index (χ2n) is 9.57. The van der Waals surface area contributed by atoms with Gasteiger partial charge in [0.15, 0.2) is 0 Å². The zero-order valence-electron chi connectivity index (χ0n) is 22.7. The summed E-state index contributed by atoms with van der Waals surface area (Å²) in [6.07, 6.45) is 2.51. The molecule has 7 nitrogen and oxygen atoms in total. The molecule has 0 aliphatic heterocycles. The molecule has 0 saturated heterocycles. The first kappa shape index (κ1) is 31.5. The number of carbonyl (C=O) groups is 2. The number of halogens is 2. The van der Waals surface area contributed by atoms with E-state index in [1.807, 2.05) is 43.3 Å². The van der Waals surface area contributed by atoms with Gasteiger partial charge in [-0.15, -0.1) is 0 Å². The van der Waals surface area contributed by atoms with Crippen molar-refractivity contribution >= 4 is 50.7 Å². The van der Waals surface area contributed by atoms with E-state index in [4.69, 9.17) is 23.2 Å². The molecule has 3 aromatic carbocycles. The molecule has 0 bridgehead atoms. The minimum Gasteiger partial charge on any atom is -0.354 e. The van der Waals surface area contributed by atoms with E-state index in [-0.39, 0.29) is 37.7 Å². The zero-order valence-corrected chi connectivity index (χ0v) is 25.1. The van der Waals surface area contributed by atoms with Crippen molar-refractivity contribution in [3.63, 3.8) is 0 Å². The molecule has 0 heterocycles. The summed E-state index contributed by atoms with van der Waals surface area (Å²) in [5, 5.41) is 3.89. The Morgan fingerprint density at radius 3 is 2.17 bits per heavy atom. The van der Waals surface area contributed by atoms with Crippen molar-refractivity contribution < 1.29 is 18.0 Å². The lowest BCUT2D eigenvalue weighted by Crippen LogP contribution is -2.50. The van der Waals surface area contributed by atoms with Crippen molar-refractivity contribution in [1.82, 2.24) is 10.2 Å². The van der Waals surface area contributed by atoms with Gasteiger partial charge in [-0.25, -0.2) is 8.42 Å². The first-order valence-electron chi connectivity index (χ1n) is 13.2. The molecule has 0 spiro atoms. The van der Waals surface area contributed by atoms with Crippen LogP contribution in [0.2, 0.25) is 10.0 Å². The Morgan fingerprint density at radius 2 is 1.55 bits per heavy atom. The number of benzene rings is 3. The molecule has 0 aliphatic rings. The van der Waals surface area contributed by atoms with Crippen LogP contribution in [0.1, 0.15) is 37.3 Å². The lowest BCUT2D eigenvalue weighted by atomic mass is 10.0. The number of nitrogens with zero attached hydrogens (tertiary/aromatic N) is 2. The molecular formula is C30H35Cl2N3O4S. The van der Waals surface area contributed by atoms with E-state index in [1.165, 1.54) is 4.31 Å². The number of sulfonamides is 1. The summed E-state index contributed by atoms with van der Waals surface area (Å²) in [6, 6.07) is 22.6. The highest BCUT2D eigenvalue weighted by molar-refractivity contribution is 7.92. The third-order valence-electron chi connectivity index (χ3n) is 6.31. The fraction of sp³-hybridized carbons (Fsp3) is 0.333. The monoisotopic (exact) mass is 603 g/mol. The lowest BCUT2D eigenvalue weighted by Gasteiger charge is -2.32. The minimum atomic E-state index is -3.62. The number of anilines is 1. The molecule has 0 unspecified atom stereocenters. The van der Waals surface area contributed by atoms with Gasteiger partial charge in [-0.1, -0.05) is 78.7 Å². The van der Waals surface area contributed by atoms with Crippen LogP contribution in [-0.4, -0.2) is 50.5 Å². The highest BCUT2D eigenvalue weighted by Crippen LogP contribution is 2.23. The highest BCUT2D eigenvalue weighted by Gasteiger charge is 2.30. The summed E-state index contributed by atoms with van der Waals surface area (Å²) in [6.45, 7) is 2.73. The van der Waals surface area contributed by atoms with Crippen LogP contribution < -0.4 is 9.62 Å². The molecular weight excluding hydrogens is 569 g/mol. The fourth-order valence-corrected chi connectivity index (χ4v) is 5.74. The Labute approximate surface area is 247 Å². The van der Waals surface area contributed by atoms with Gasteiger partial charge in [-0.3, -0.25) is 13.9 Å². The van der Waals surface area contributed by atoms with E-state index in [9.17, 15) is 18.0 Å². The SMILES string of the molecule is CCCNC(=O)[C@H](Cc1ccccc1)N(Cc1cccc(Cl)c1)C(=O)CCCN(c1cccc(Cl)c1)S(C)(=O)=O. The van der Waals surface area contributed by atoms with Crippen molar-refractivity contribution in [1.29, 1.82) is 0 Å². The van der Waals surface area contributed by atoms with Crippen molar-refractivity contribution in [3.05, 3.63) is 100 Å². The van der Waals surface area contributed by atoms with Gasteiger partial charge >= 0.3 is 0 Å². The summed E-state index contributed by atoms with van der Waals surface area (Å²) in [7, 11) is -3.62. The van der Waals surface area contributed by atoms with Gasteiger partial charge in [0.05, 0.1) is 11.9 Å². The molecule has 0 fully saturated rings. The van der Waals surface area contributed by atoms with E-state index in [0.717, 1.165) is 23.8 Å². The second-order valence-corrected chi connectivity index (χ2v) is 12.3. The first-order valence-corrected chi connectivity index (χ1v) is 15.8. The lowest BCUT2D eigenvalue weighted by molar-refractivity contribution is -0.141. The third-order valence-corrected chi connectivity index (χ3v) is 7.97. The van der Waals surface area contributed by atoms with Crippen LogP contribution in [0, 0.1) is 0 Å². The molecule has 1 atom stereocenters. The zero-order chi connectivity index (χ0) is 29.1. The van der Waals surface area contributed by atoms with Crippen LogP contribution in [0.15, 0.2) is 78.9 Å². The minimum absolute atomic E-state index is 0.0412. The Bertz CT molecular complexity index is 1390. The summed E-state index contributed by atoms with van der Waals surface area (Å²) >= 11 is 12.3. The van der Waals surface area contributed by atoms with Gasteiger partial charge in [0, 0.05) is 42.5 Å². The fourth-order valence-electron chi connectivity index (χ4n) is 4.39. The molecule has 214 valence electrons. The maximum absolute atomic E-state index is 13.8. The summed E-state index contributed by atoms with van der Waals surface area (Å²) < 4.78 is 26.3. The summed E-state index contributed by atoms with van der Waals surface area (Å²) in [5.41, 5.74) is 2.14. The predicted octanol–water partition coefficient (Wildman–Crippen LogP) is 5.71. The van der Waals surface area contributed by atoms with Crippen LogP contribution >= 0.6 is 23.2 Å². The van der Waals surface area contributed by atoms with Crippen LogP contribution in [0.4, 0.5) is 5.69 Å². The number of carbonyl (C=O) groups excluding carboxylic acids is 2. The van der Waals surface area contributed by atoms with E-state index >= 15 is 0 Å². The molecule has 0 saturated carbocycles. The number of rotatable bonds is 14. The average molecular weight is 605 g/mol. The van der Waals surface area contributed by atoms with Crippen molar-refractivity contribution in [2.75, 3.05) is 23.7 Å². The number of hydrogen-bond acceptors (Lipinski definition) is 4. The highest BCUT2D eigenvalue weighted by atomic mass is 35.5. The largest absolute Gasteiger partial charge is 0.354 e. The van der Waals surface area contributed by atoms with Crippen molar-refractivity contribution in [2.24, 2.45) is 0 Å². The van der Waals surface area contributed by atoms with Crippen molar-refractivity contribution in [3.8, 4) is 0 Å². The molecule has 0 radical (unpaired) electrons. The summed E-state index contributed by atoms with van der Waals surface area (Å²) in [5.74, 6) is -0.495. The normalized spacial score (nSPS) is 12.0. The molecule has 1 N–H and O–H groups in total. The predicted molar refractivity (Wildman–Crippen MR) is 162 cm³/mol. The maximum atomic E-state index is 13.8. The topological polar surface area (TPSA) is 86.8 Å². The molecule has 10 heteroatoms. The van der Waals surface area contributed by atoms with E-state index < -0.39 is 16.1 Å². The van der Waals surface area contributed by atoms with Gasteiger partial charge in [0.25, 0.3) is 0 Å². The maximum Gasteiger partial charge on any atom is 0.243 e. The molecule has 0 aromatic heterocycles. The molecule has 3 rings (SSSR count). The van der Waals surface area contributed by atoms with Crippen LogP contribution in [-0.2, 0) is 32.6 Å². The smallest absolute Gasteiger partial charge is 0.243 e. The molecule has 40 heavy (non-hydrogen) atoms. The van der Waals surface area contributed by atoms with Crippen LogP contribution in [0.3, 0.4) is 0 Å². The number of nitrogens with one attached hydrogen (secondary N) is 1. The van der Waals surface area contributed by atoms with Gasteiger partial charge < -0.3 is 10.2 Å². The molecule has 0 aliphatic carbocycles. The van der Waals surface area contributed by atoms with Crippen molar-refractivity contribution in [2.45, 2.75) is 45.2 Å². The van der Waals surface area contributed by atoms with E-state index in [2.05, 4.69) is 5.32 Å². The molecule has 3 aromatic rings. The second kappa shape index (κ2) is 15.1. The first-order chi connectivity index (χ1) is 19.1. The van der Waals surface area contributed by atoms with Gasteiger partial charge in [-0.2, -0.15) is 0 Å². The van der Waals surface area contributed by atoms with Gasteiger partial charge in [0.2, 0.25) is 21.8 Å². The Morgan fingerprint density at radius 1 is 0.900 bits per heavy atom. The number of amides is 2. The van der Waals surface area contributed by atoms with Crippen LogP contribution in [0.25, 0.3) is 0 Å². The Kier molecular flexibility index (Phi) is 11.9. The van der Waals surface area contributed by atoms with Gasteiger partial charge in [-0.05, 0) is 54.3 Å². The average Bonchev–Trinajstić information content (AvgIpc) is 2.91. The summed E-state index contributed by atoms with van der Waals surface area (Å²) in [4.78, 5) is 28.8. The van der Waals surface area contributed by atoms with E-state index in [0.29, 0.717) is 28.7 Å². The third kappa shape index (κ3) is 9.54. The van der Waals surface area contributed by atoms with Crippen LogP contribution in [0.5, 0.6) is 0 Å².